The molecule has 2 heterocycles. The summed E-state index contributed by atoms with van der Waals surface area (Å²) in [6.45, 7) is 1.81. The Morgan fingerprint density at radius 1 is 1.58 bits per heavy atom. The number of hydrogen-bond donors (Lipinski definition) is 2. The molecule has 100 valence electrons. The normalized spacial score (nSPS) is 26.7. The van der Waals surface area contributed by atoms with Crippen molar-refractivity contribution in [2.75, 3.05) is 5.32 Å². The average molecular weight is 277 g/mol. The van der Waals surface area contributed by atoms with Crippen LogP contribution in [0.5, 0.6) is 0 Å². The Kier molecular flexibility index (Phi) is 2.89. The second-order valence-corrected chi connectivity index (χ2v) is 6.07. The van der Waals surface area contributed by atoms with Crippen LogP contribution in [0.2, 0.25) is 0 Å². The predicted octanol–water partition coefficient (Wildman–Crippen LogP) is 2.75. The van der Waals surface area contributed by atoms with Crippen LogP contribution in [-0.4, -0.2) is 27.1 Å². The van der Waals surface area contributed by atoms with E-state index in [1.165, 1.54) is 6.33 Å². The van der Waals surface area contributed by atoms with Gasteiger partial charge in [0.25, 0.3) is 0 Å². The van der Waals surface area contributed by atoms with Crippen LogP contribution in [0.4, 0.5) is 5.82 Å². The van der Waals surface area contributed by atoms with Gasteiger partial charge in [0.1, 0.15) is 17.0 Å². The quantitative estimate of drug-likeness (QED) is 0.902. The standard InChI is InChI=1S/C13H15N3O2S/c1-13(12(17)18)5-2-3-9(13)16-10-8-4-6-19-11(8)15-7-14-10/h4,6-7,9H,2-3,5H2,1H3,(H,17,18)(H,14,15,16). The maximum atomic E-state index is 11.5. The molecule has 2 N–H and O–H groups in total. The summed E-state index contributed by atoms with van der Waals surface area (Å²) in [6, 6.07) is 1.89. The maximum absolute atomic E-state index is 11.5. The Morgan fingerprint density at radius 3 is 3.21 bits per heavy atom. The Balaban J connectivity index is 1.93. The third-order valence-corrected chi connectivity index (χ3v) is 4.84. The van der Waals surface area contributed by atoms with Crippen LogP contribution in [0.3, 0.4) is 0 Å². The smallest absolute Gasteiger partial charge is 0.311 e. The van der Waals surface area contributed by atoms with E-state index in [1.54, 1.807) is 11.3 Å². The molecule has 0 spiro atoms. The van der Waals surface area contributed by atoms with Crippen molar-refractivity contribution in [1.29, 1.82) is 0 Å². The average Bonchev–Trinajstić information content (AvgIpc) is 2.98. The highest BCUT2D eigenvalue weighted by Crippen LogP contribution is 2.40. The molecule has 0 saturated heterocycles. The molecule has 3 rings (SSSR count). The summed E-state index contributed by atoms with van der Waals surface area (Å²) in [5.74, 6) is 0.00347. The summed E-state index contributed by atoms with van der Waals surface area (Å²) in [5, 5.41) is 15.7. The SMILES string of the molecule is CC1(C(=O)O)CCCC1Nc1ncnc2sccc12. The Hall–Kier alpha value is -1.69. The van der Waals surface area contributed by atoms with Crippen LogP contribution in [0, 0.1) is 5.41 Å². The lowest BCUT2D eigenvalue weighted by Gasteiger charge is -2.28. The van der Waals surface area contributed by atoms with Crippen LogP contribution in [-0.2, 0) is 4.79 Å². The third kappa shape index (κ3) is 1.96. The van der Waals surface area contributed by atoms with E-state index in [1.807, 2.05) is 18.4 Å². The second kappa shape index (κ2) is 4.45. The van der Waals surface area contributed by atoms with E-state index in [4.69, 9.17) is 0 Å². The van der Waals surface area contributed by atoms with Crippen molar-refractivity contribution < 1.29 is 9.90 Å². The first kappa shape index (κ1) is 12.3. The molecular weight excluding hydrogens is 262 g/mol. The van der Waals surface area contributed by atoms with Crippen molar-refractivity contribution in [1.82, 2.24) is 9.97 Å². The molecule has 0 aliphatic heterocycles. The molecular formula is C13H15N3O2S. The summed E-state index contributed by atoms with van der Waals surface area (Å²) in [7, 11) is 0. The van der Waals surface area contributed by atoms with Gasteiger partial charge in [-0.3, -0.25) is 4.79 Å². The van der Waals surface area contributed by atoms with E-state index in [0.29, 0.717) is 6.42 Å². The molecule has 2 atom stereocenters. The summed E-state index contributed by atoms with van der Waals surface area (Å²) in [6.07, 6.45) is 4.02. The van der Waals surface area contributed by atoms with E-state index in [9.17, 15) is 9.90 Å². The Morgan fingerprint density at radius 2 is 2.42 bits per heavy atom. The number of carboxylic acids is 1. The fourth-order valence-corrected chi connectivity index (χ4v) is 3.46. The molecule has 19 heavy (non-hydrogen) atoms. The molecule has 6 heteroatoms. The van der Waals surface area contributed by atoms with E-state index in [0.717, 1.165) is 28.9 Å². The molecule has 2 aromatic rings. The molecule has 1 fully saturated rings. The number of nitrogens with one attached hydrogen (secondary N) is 1. The number of aromatic nitrogens is 2. The highest BCUT2D eigenvalue weighted by atomic mass is 32.1. The highest BCUT2D eigenvalue weighted by molar-refractivity contribution is 7.16. The fraction of sp³-hybridized carbons (Fsp3) is 0.462. The van der Waals surface area contributed by atoms with Gasteiger partial charge in [0.15, 0.2) is 0 Å². The van der Waals surface area contributed by atoms with Crippen molar-refractivity contribution in [3.8, 4) is 0 Å². The molecule has 0 bridgehead atoms. The lowest BCUT2D eigenvalue weighted by Crippen LogP contribution is -2.40. The van der Waals surface area contributed by atoms with Gasteiger partial charge in [0, 0.05) is 6.04 Å². The summed E-state index contributed by atoms with van der Waals surface area (Å²) >= 11 is 1.56. The van der Waals surface area contributed by atoms with Crippen LogP contribution in [0.1, 0.15) is 26.2 Å². The number of anilines is 1. The number of carbonyl (C=O) groups is 1. The van der Waals surface area contributed by atoms with Crippen molar-refractivity contribution in [2.45, 2.75) is 32.2 Å². The lowest BCUT2D eigenvalue weighted by molar-refractivity contribution is -0.147. The molecule has 0 amide bonds. The largest absolute Gasteiger partial charge is 0.481 e. The zero-order valence-electron chi connectivity index (χ0n) is 10.6. The highest BCUT2D eigenvalue weighted by Gasteiger charge is 2.45. The van der Waals surface area contributed by atoms with Gasteiger partial charge >= 0.3 is 5.97 Å². The molecule has 2 unspecified atom stereocenters. The fourth-order valence-electron chi connectivity index (χ4n) is 2.72. The van der Waals surface area contributed by atoms with Gasteiger partial charge in [-0.2, -0.15) is 0 Å². The molecule has 5 nitrogen and oxygen atoms in total. The second-order valence-electron chi connectivity index (χ2n) is 5.17. The maximum Gasteiger partial charge on any atom is 0.311 e. The zero-order valence-corrected chi connectivity index (χ0v) is 11.4. The minimum Gasteiger partial charge on any atom is -0.481 e. The van der Waals surface area contributed by atoms with Crippen LogP contribution in [0.15, 0.2) is 17.8 Å². The van der Waals surface area contributed by atoms with Gasteiger partial charge in [-0.1, -0.05) is 6.42 Å². The predicted molar refractivity (Wildman–Crippen MR) is 74.4 cm³/mol. The summed E-state index contributed by atoms with van der Waals surface area (Å²) in [4.78, 5) is 20.8. The number of thiophene rings is 1. The van der Waals surface area contributed by atoms with Crippen LogP contribution >= 0.6 is 11.3 Å². The van der Waals surface area contributed by atoms with E-state index >= 15 is 0 Å². The first-order valence-corrected chi connectivity index (χ1v) is 7.17. The van der Waals surface area contributed by atoms with Crippen LogP contribution < -0.4 is 5.32 Å². The number of nitrogens with zero attached hydrogens (tertiary/aromatic N) is 2. The van der Waals surface area contributed by atoms with Crippen molar-refractivity contribution >= 4 is 33.3 Å². The van der Waals surface area contributed by atoms with Gasteiger partial charge in [0.05, 0.1) is 10.8 Å². The minimum atomic E-state index is -0.738. The van der Waals surface area contributed by atoms with Crippen molar-refractivity contribution in [3.05, 3.63) is 17.8 Å². The first-order chi connectivity index (χ1) is 9.11. The number of rotatable bonds is 3. The van der Waals surface area contributed by atoms with Crippen molar-refractivity contribution in [3.63, 3.8) is 0 Å². The topological polar surface area (TPSA) is 75.1 Å². The molecule has 0 radical (unpaired) electrons. The lowest BCUT2D eigenvalue weighted by atomic mass is 9.85. The number of carboxylic acid groups (broad SMARTS) is 1. The number of aliphatic carboxylic acids is 1. The molecule has 1 saturated carbocycles. The monoisotopic (exact) mass is 277 g/mol. The van der Waals surface area contributed by atoms with Gasteiger partial charge in [-0.25, -0.2) is 9.97 Å². The minimum absolute atomic E-state index is 0.0806. The zero-order chi connectivity index (χ0) is 13.5. The molecule has 2 aromatic heterocycles. The van der Waals surface area contributed by atoms with Gasteiger partial charge < -0.3 is 10.4 Å². The summed E-state index contributed by atoms with van der Waals surface area (Å²) in [5.41, 5.74) is -0.715. The molecule has 1 aliphatic rings. The molecule has 0 aromatic carbocycles. The van der Waals surface area contributed by atoms with E-state index in [2.05, 4.69) is 15.3 Å². The molecule has 1 aliphatic carbocycles. The first-order valence-electron chi connectivity index (χ1n) is 6.29. The Labute approximate surface area is 114 Å². The number of fused-ring (bicyclic) bond motifs is 1. The van der Waals surface area contributed by atoms with Gasteiger partial charge in [-0.05, 0) is 31.2 Å². The van der Waals surface area contributed by atoms with Crippen molar-refractivity contribution in [2.24, 2.45) is 5.41 Å². The van der Waals surface area contributed by atoms with E-state index in [-0.39, 0.29) is 6.04 Å². The third-order valence-electron chi connectivity index (χ3n) is 4.02. The van der Waals surface area contributed by atoms with Gasteiger partial charge in [0.2, 0.25) is 0 Å². The van der Waals surface area contributed by atoms with E-state index < -0.39 is 11.4 Å². The van der Waals surface area contributed by atoms with Gasteiger partial charge in [-0.15, -0.1) is 11.3 Å². The summed E-state index contributed by atoms with van der Waals surface area (Å²) < 4.78 is 0. The number of hydrogen-bond acceptors (Lipinski definition) is 5. The van der Waals surface area contributed by atoms with Crippen LogP contribution in [0.25, 0.3) is 10.2 Å². The Bertz CT molecular complexity index is 627.